The van der Waals surface area contributed by atoms with Gasteiger partial charge in [0.25, 0.3) is 0 Å². The van der Waals surface area contributed by atoms with Crippen LogP contribution in [0.5, 0.6) is 0 Å². The second kappa shape index (κ2) is 27.2. The number of hydrogen-bond acceptors (Lipinski definition) is 7. The molecule has 0 saturated carbocycles. The highest BCUT2D eigenvalue weighted by molar-refractivity contribution is 7.80. The van der Waals surface area contributed by atoms with E-state index in [0.717, 1.165) is 24.1 Å². The quantitative estimate of drug-likeness (QED) is 0.0205. The molecule has 0 aliphatic carbocycles. The Morgan fingerprint density at radius 3 is 1.92 bits per heavy atom. The number of allylic oxidation sites excluding steroid dienone is 16. The van der Waals surface area contributed by atoms with Gasteiger partial charge in [0.1, 0.15) is 0 Å². The molecule has 0 aliphatic rings. The standard InChI is InChI=1S/C43H57NO8S/c1-34(27-21-16-12-11-13-17-22-28-35(2)43(47)48)42(46)37(4)40(45)31-25-18-14-9-7-6-8-10-15-19-26-32-41(52-53(49,50)51)36(3)38(5)44-33-39-29-23-20-24-30-39/h6-11,13-15,17-31,34,36-37,40-42,45-46H,12,16,32-33H2,1-5H3,(H,47,48)(H,49,50,51)/b8-6+,9-7+,13-11+,15-10+,18-14+,22-17+,26-19+,27-21+,31-25+,35-28+,44-38?. The maximum atomic E-state index is 11.5. The van der Waals surface area contributed by atoms with E-state index in [1.165, 1.54) is 6.92 Å². The number of benzene rings is 1. The molecule has 0 radical (unpaired) electrons. The van der Waals surface area contributed by atoms with Gasteiger partial charge in [-0.2, -0.15) is 8.42 Å². The number of carboxylic acid groups (broad SMARTS) is 1. The highest BCUT2D eigenvalue weighted by atomic mass is 32.3. The molecule has 53 heavy (non-hydrogen) atoms. The molecular formula is C43H57NO8S. The number of carboxylic acids is 1. The van der Waals surface area contributed by atoms with E-state index >= 15 is 0 Å². The van der Waals surface area contributed by atoms with E-state index in [1.54, 1.807) is 54.7 Å². The molecule has 1 rings (SSSR count). The Morgan fingerprint density at radius 2 is 1.32 bits per heavy atom. The van der Waals surface area contributed by atoms with E-state index < -0.39 is 34.7 Å². The van der Waals surface area contributed by atoms with Crippen molar-refractivity contribution in [2.45, 2.75) is 78.7 Å². The summed E-state index contributed by atoms with van der Waals surface area (Å²) in [6, 6.07) is 9.72. The van der Waals surface area contributed by atoms with Gasteiger partial charge in [-0.15, -0.1) is 0 Å². The van der Waals surface area contributed by atoms with Gasteiger partial charge < -0.3 is 15.3 Å². The number of aliphatic hydroxyl groups excluding tert-OH is 2. The fourth-order valence-corrected chi connectivity index (χ4v) is 5.22. The third kappa shape index (κ3) is 23.0. The summed E-state index contributed by atoms with van der Waals surface area (Å²) < 4.78 is 37.2. The highest BCUT2D eigenvalue weighted by Gasteiger charge is 2.25. The van der Waals surface area contributed by atoms with Crippen molar-refractivity contribution >= 4 is 22.1 Å². The molecule has 6 atom stereocenters. The Kier molecular flexibility index (Phi) is 23.9. The van der Waals surface area contributed by atoms with Crippen LogP contribution in [0.4, 0.5) is 0 Å². The summed E-state index contributed by atoms with van der Waals surface area (Å²) in [4.78, 5) is 15.3. The first-order valence-corrected chi connectivity index (χ1v) is 19.1. The summed E-state index contributed by atoms with van der Waals surface area (Å²) in [5, 5.41) is 30.0. The number of rotatable bonds is 24. The second-order valence-corrected chi connectivity index (χ2v) is 13.6. The van der Waals surface area contributed by atoms with E-state index in [-0.39, 0.29) is 29.7 Å². The van der Waals surface area contributed by atoms with Gasteiger partial charge in [0.05, 0.1) is 24.9 Å². The van der Waals surface area contributed by atoms with Crippen LogP contribution in [-0.2, 0) is 25.9 Å². The van der Waals surface area contributed by atoms with Crippen molar-refractivity contribution < 1.29 is 37.3 Å². The van der Waals surface area contributed by atoms with Crippen LogP contribution in [0.2, 0.25) is 0 Å². The number of hydrogen-bond donors (Lipinski definition) is 4. The lowest BCUT2D eigenvalue weighted by atomic mass is 9.88. The third-order valence-electron chi connectivity index (χ3n) is 8.23. The number of nitrogens with zero attached hydrogens (tertiary/aromatic N) is 1. The molecule has 9 nitrogen and oxygen atoms in total. The molecule has 1 aromatic rings. The fraction of sp³-hybridized carbons (Fsp3) is 0.349. The topological polar surface area (TPSA) is 154 Å². The Labute approximate surface area is 316 Å². The minimum absolute atomic E-state index is 0.129. The fourth-order valence-electron chi connectivity index (χ4n) is 4.66. The van der Waals surface area contributed by atoms with Crippen LogP contribution in [0.3, 0.4) is 0 Å². The van der Waals surface area contributed by atoms with Crippen LogP contribution >= 0.6 is 0 Å². The minimum atomic E-state index is -4.63. The van der Waals surface area contributed by atoms with Crippen LogP contribution in [0.15, 0.2) is 156 Å². The van der Waals surface area contributed by atoms with E-state index in [4.69, 9.17) is 9.29 Å². The predicted octanol–water partition coefficient (Wildman–Crippen LogP) is 8.67. The van der Waals surface area contributed by atoms with Crippen molar-refractivity contribution in [3.05, 3.63) is 157 Å². The van der Waals surface area contributed by atoms with Crippen LogP contribution in [-0.4, -0.2) is 58.3 Å². The Hall–Kier alpha value is -4.45. The van der Waals surface area contributed by atoms with Gasteiger partial charge in [-0.1, -0.05) is 167 Å². The highest BCUT2D eigenvalue weighted by Crippen LogP contribution is 2.20. The van der Waals surface area contributed by atoms with Gasteiger partial charge in [0, 0.05) is 29.0 Å². The van der Waals surface area contributed by atoms with Gasteiger partial charge in [-0.3, -0.25) is 9.55 Å². The number of aliphatic carboxylic acids is 1. The Morgan fingerprint density at radius 1 is 0.774 bits per heavy atom. The minimum Gasteiger partial charge on any atom is -0.478 e. The van der Waals surface area contributed by atoms with E-state index in [9.17, 15) is 28.0 Å². The summed E-state index contributed by atoms with van der Waals surface area (Å²) >= 11 is 0. The molecule has 0 spiro atoms. The average Bonchev–Trinajstić information content (AvgIpc) is 3.12. The molecule has 6 unspecified atom stereocenters. The van der Waals surface area contributed by atoms with Crippen LogP contribution in [0, 0.1) is 17.8 Å². The summed E-state index contributed by atoms with van der Waals surface area (Å²) in [5.41, 5.74) is 2.03. The first-order chi connectivity index (χ1) is 25.2. The monoisotopic (exact) mass is 747 g/mol. The molecule has 288 valence electrons. The smallest absolute Gasteiger partial charge is 0.397 e. The van der Waals surface area contributed by atoms with Gasteiger partial charge in [0.15, 0.2) is 0 Å². The normalized spacial score (nSPS) is 17.6. The molecule has 0 amide bonds. The Balaban J connectivity index is 2.47. The van der Waals surface area contributed by atoms with Crippen LogP contribution in [0.25, 0.3) is 0 Å². The van der Waals surface area contributed by atoms with Crippen LogP contribution < -0.4 is 0 Å². The summed E-state index contributed by atoms with van der Waals surface area (Å²) in [7, 11) is -4.63. The SMILES string of the molecule is CC(=NCc1ccccc1)C(C)C(C/C=C/C=C/C=C/C=C/C=C/C=C/C(O)C(C)C(O)C(C)/C=C/CC/C=C/C=C/C=C(\C)C(=O)O)OS(=O)(=O)O. The first-order valence-electron chi connectivity index (χ1n) is 17.7. The molecule has 0 aliphatic heterocycles. The maximum Gasteiger partial charge on any atom is 0.397 e. The molecule has 0 saturated heterocycles. The average molecular weight is 748 g/mol. The molecule has 4 N–H and O–H groups in total. The summed E-state index contributed by atoms with van der Waals surface area (Å²) in [5.74, 6) is -1.78. The number of carbonyl (C=O) groups is 1. The lowest BCUT2D eigenvalue weighted by molar-refractivity contribution is -0.132. The van der Waals surface area contributed by atoms with Gasteiger partial charge in [-0.25, -0.2) is 8.98 Å². The van der Waals surface area contributed by atoms with Gasteiger partial charge in [-0.05, 0) is 38.7 Å². The largest absolute Gasteiger partial charge is 0.478 e. The third-order valence-corrected chi connectivity index (χ3v) is 8.72. The lowest BCUT2D eigenvalue weighted by Crippen LogP contribution is -2.32. The molecule has 0 fully saturated rings. The number of unbranched alkanes of at least 4 members (excludes halogenated alkanes) is 1. The lowest BCUT2D eigenvalue weighted by Gasteiger charge is -2.25. The molecule has 1 aromatic carbocycles. The molecular weight excluding hydrogens is 691 g/mol. The molecule has 0 aromatic heterocycles. The van der Waals surface area contributed by atoms with Crippen molar-refractivity contribution in [1.29, 1.82) is 0 Å². The van der Waals surface area contributed by atoms with E-state index in [1.807, 2.05) is 119 Å². The molecule has 10 heteroatoms. The van der Waals surface area contributed by atoms with E-state index in [2.05, 4.69) is 4.99 Å². The maximum absolute atomic E-state index is 11.5. The number of aliphatic imine (C=N–C) groups is 1. The summed E-state index contributed by atoms with van der Waals surface area (Å²) in [6.07, 6.45) is 33.9. The Bertz CT molecular complexity index is 1660. The van der Waals surface area contributed by atoms with Gasteiger partial charge >= 0.3 is 16.4 Å². The molecule has 0 bridgehead atoms. The van der Waals surface area contributed by atoms with E-state index in [0.29, 0.717) is 6.54 Å². The van der Waals surface area contributed by atoms with Gasteiger partial charge in [0.2, 0.25) is 0 Å². The number of aliphatic hydroxyl groups is 2. The molecule has 0 heterocycles. The van der Waals surface area contributed by atoms with Crippen molar-refractivity contribution in [3.8, 4) is 0 Å². The zero-order valence-corrected chi connectivity index (χ0v) is 32.2. The van der Waals surface area contributed by atoms with Crippen molar-refractivity contribution in [2.75, 3.05) is 0 Å². The van der Waals surface area contributed by atoms with Crippen molar-refractivity contribution in [3.63, 3.8) is 0 Å². The van der Waals surface area contributed by atoms with Crippen molar-refractivity contribution in [2.24, 2.45) is 22.7 Å². The summed E-state index contributed by atoms with van der Waals surface area (Å²) in [6.45, 7) is 9.37. The first kappa shape index (κ1) is 46.6. The second-order valence-electron chi connectivity index (χ2n) is 12.6. The predicted molar refractivity (Wildman–Crippen MR) is 217 cm³/mol. The van der Waals surface area contributed by atoms with Crippen LogP contribution in [0.1, 0.15) is 59.4 Å². The zero-order valence-electron chi connectivity index (χ0n) is 31.4. The van der Waals surface area contributed by atoms with Crippen molar-refractivity contribution in [1.82, 2.24) is 0 Å². The zero-order chi connectivity index (χ0) is 39.5.